The lowest BCUT2D eigenvalue weighted by Crippen LogP contribution is -2.67. The number of hydrogen-bond acceptors (Lipinski definition) is 3. The van der Waals surface area contributed by atoms with Crippen LogP contribution in [0, 0.1) is 17.3 Å². The monoisotopic (exact) mass is 250 g/mol. The predicted octanol–water partition coefficient (Wildman–Crippen LogP) is 2.84. The largest absolute Gasteiger partial charge is 0.377 e. The summed E-state index contributed by atoms with van der Waals surface area (Å²) in [5.41, 5.74) is 0.0824. The average molecular weight is 250 g/mol. The maximum atomic E-state index is 13.1. The van der Waals surface area contributed by atoms with Crippen molar-refractivity contribution in [1.29, 1.82) is 0 Å². The van der Waals surface area contributed by atoms with Crippen LogP contribution in [0.1, 0.15) is 26.7 Å². The summed E-state index contributed by atoms with van der Waals surface area (Å²) in [5, 5.41) is 3.38. The zero-order valence-electron chi connectivity index (χ0n) is 10.8. The Hall–Kier alpha value is -1.16. The van der Waals surface area contributed by atoms with E-state index in [2.05, 4.69) is 24.1 Å². The normalized spacial score (nSPS) is 33.4. The van der Waals surface area contributed by atoms with Crippen LogP contribution in [0.2, 0.25) is 0 Å². The van der Waals surface area contributed by atoms with E-state index in [0.717, 1.165) is 13.0 Å². The van der Waals surface area contributed by atoms with E-state index in [9.17, 15) is 4.39 Å². The minimum atomic E-state index is -0.437. The molecular formula is C14H19FN2O. The highest BCUT2D eigenvalue weighted by Gasteiger charge is 2.58. The van der Waals surface area contributed by atoms with Gasteiger partial charge in [-0.1, -0.05) is 19.9 Å². The Labute approximate surface area is 107 Å². The van der Waals surface area contributed by atoms with Crippen LogP contribution in [-0.2, 0) is 4.74 Å². The molecule has 1 aromatic heterocycles. The Morgan fingerprint density at radius 3 is 3.06 bits per heavy atom. The predicted molar refractivity (Wildman–Crippen MR) is 67.9 cm³/mol. The van der Waals surface area contributed by atoms with E-state index in [4.69, 9.17) is 4.74 Å². The molecule has 0 radical (unpaired) electrons. The Bertz CT molecular complexity index is 449. The number of fused-ring (bicyclic) bond motifs is 1. The van der Waals surface area contributed by atoms with Crippen molar-refractivity contribution in [2.75, 3.05) is 11.9 Å². The standard InChI is InChI=1S/C14H19FN2O/c1-14(2)12(9-5-4-8-18-13(9)14)17-11-7-3-6-10(15)16-11/h3,6-7,9,12-13H,4-5,8H2,1-2H3,(H,16,17). The van der Waals surface area contributed by atoms with Gasteiger partial charge in [0.1, 0.15) is 5.82 Å². The van der Waals surface area contributed by atoms with Crippen LogP contribution in [0.3, 0.4) is 0 Å². The average Bonchev–Trinajstić information content (AvgIpc) is 2.36. The SMILES string of the molecule is CC1(C)C(Nc2cccc(F)n2)C2CCCOC21. The molecule has 2 aliphatic rings. The fourth-order valence-electron chi connectivity index (χ4n) is 3.46. The van der Waals surface area contributed by atoms with Crippen LogP contribution in [-0.4, -0.2) is 23.7 Å². The zero-order valence-corrected chi connectivity index (χ0v) is 10.8. The first-order valence-electron chi connectivity index (χ1n) is 6.60. The molecule has 0 bridgehead atoms. The molecule has 3 unspecified atom stereocenters. The summed E-state index contributed by atoms with van der Waals surface area (Å²) in [6, 6.07) is 5.18. The fraction of sp³-hybridized carbons (Fsp3) is 0.643. The van der Waals surface area contributed by atoms with Gasteiger partial charge in [0.25, 0.3) is 0 Å². The molecule has 0 spiro atoms. The van der Waals surface area contributed by atoms with Crippen molar-refractivity contribution in [3.8, 4) is 0 Å². The first kappa shape index (κ1) is 11.9. The van der Waals surface area contributed by atoms with Gasteiger partial charge < -0.3 is 10.1 Å². The number of rotatable bonds is 2. The van der Waals surface area contributed by atoms with Gasteiger partial charge in [-0.3, -0.25) is 0 Å². The fourth-order valence-corrected chi connectivity index (χ4v) is 3.46. The van der Waals surface area contributed by atoms with Crippen molar-refractivity contribution in [1.82, 2.24) is 4.98 Å². The molecule has 3 rings (SSSR count). The second-order valence-electron chi connectivity index (χ2n) is 5.89. The lowest BCUT2D eigenvalue weighted by atomic mass is 9.55. The van der Waals surface area contributed by atoms with E-state index < -0.39 is 5.95 Å². The van der Waals surface area contributed by atoms with Gasteiger partial charge in [-0.25, -0.2) is 4.98 Å². The number of anilines is 1. The zero-order chi connectivity index (χ0) is 12.8. The molecule has 1 aromatic rings. The van der Waals surface area contributed by atoms with Crippen molar-refractivity contribution < 1.29 is 9.13 Å². The number of nitrogens with zero attached hydrogens (tertiary/aromatic N) is 1. The number of nitrogens with one attached hydrogen (secondary N) is 1. The van der Waals surface area contributed by atoms with Crippen LogP contribution < -0.4 is 5.32 Å². The van der Waals surface area contributed by atoms with Crippen LogP contribution in [0.25, 0.3) is 0 Å². The number of ether oxygens (including phenoxy) is 1. The van der Waals surface area contributed by atoms with Crippen LogP contribution >= 0.6 is 0 Å². The van der Waals surface area contributed by atoms with Crippen LogP contribution in [0.4, 0.5) is 10.2 Å². The van der Waals surface area contributed by atoms with Crippen molar-refractivity contribution in [3.63, 3.8) is 0 Å². The van der Waals surface area contributed by atoms with E-state index >= 15 is 0 Å². The minimum absolute atomic E-state index is 0.0824. The molecule has 1 aliphatic heterocycles. The highest BCUT2D eigenvalue weighted by atomic mass is 19.1. The maximum Gasteiger partial charge on any atom is 0.214 e. The second-order valence-corrected chi connectivity index (χ2v) is 5.89. The highest BCUT2D eigenvalue weighted by molar-refractivity contribution is 5.38. The van der Waals surface area contributed by atoms with Crippen molar-refractivity contribution in [2.45, 2.75) is 38.8 Å². The molecule has 18 heavy (non-hydrogen) atoms. The third-order valence-electron chi connectivity index (χ3n) is 4.35. The molecule has 1 saturated heterocycles. The van der Waals surface area contributed by atoms with E-state index in [1.807, 2.05) is 6.07 Å². The Morgan fingerprint density at radius 2 is 2.28 bits per heavy atom. The first-order valence-corrected chi connectivity index (χ1v) is 6.60. The van der Waals surface area contributed by atoms with Gasteiger partial charge >= 0.3 is 0 Å². The minimum Gasteiger partial charge on any atom is -0.377 e. The van der Waals surface area contributed by atoms with Crippen LogP contribution in [0.5, 0.6) is 0 Å². The van der Waals surface area contributed by atoms with Gasteiger partial charge in [0.2, 0.25) is 5.95 Å². The molecule has 98 valence electrons. The lowest BCUT2D eigenvalue weighted by Gasteiger charge is -2.60. The van der Waals surface area contributed by atoms with E-state index in [-0.39, 0.29) is 5.41 Å². The van der Waals surface area contributed by atoms with E-state index in [1.165, 1.54) is 12.5 Å². The Balaban J connectivity index is 1.76. The number of pyridine rings is 1. The molecule has 1 saturated carbocycles. The van der Waals surface area contributed by atoms with Gasteiger partial charge in [-0.05, 0) is 25.0 Å². The highest BCUT2D eigenvalue weighted by Crippen LogP contribution is 2.52. The number of aromatic nitrogens is 1. The smallest absolute Gasteiger partial charge is 0.214 e. The van der Waals surface area contributed by atoms with E-state index in [0.29, 0.717) is 23.9 Å². The van der Waals surface area contributed by atoms with E-state index in [1.54, 1.807) is 6.07 Å². The van der Waals surface area contributed by atoms with Gasteiger partial charge in [-0.15, -0.1) is 0 Å². The van der Waals surface area contributed by atoms with Crippen molar-refractivity contribution in [2.24, 2.45) is 11.3 Å². The summed E-state index contributed by atoms with van der Waals surface area (Å²) in [6.07, 6.45) is 2.63. The third kappa shape index (κ3) is 1.79. The Morgan fingerprint density at radius 1 is 1.44 bits per heavy atom. The summed E-state index contributed by atoms with van der Waals surface area (Å²) in [5.74, 6) is 0.712. The summed E-state index contributed by atoms with van der Waals surface area (Å²) in [6.45, 7) is 5.28. The first-order chi connectivity index (χ1) is 8.59. The van der Waals surface area contributed by atoms with Crippen LogP contribution in [0.15, 0.2) is 18.2 Å². The quantitative estimate of drug-likeness (QED) is 0.820. The molecule has 1 N–H and O–H groups in total. The lowest BCUT2D eigenvalue weighted by molar-refractivity contribution is -0.177. The van der Waals surface area contributed by atoms with Gasteiger partial charge in [0.15, 0.2) is 0 Å². The number of halogens is 1. The summed E-state index contributed by atoms with van der Waals surface area (Å²) in [7, 11) is 0. The number of hydrogen-bond donors (Lipinski definition) is 1. The van der Waals surface area contributed by atoms with Gasteiger partial charge in [0, 0.05) is 24.0 Å². The van der Waals surface area contributed by atoms with Gasteiger partial charge in [-0.2, -0.15) is 4.39 Å². The summed E-state index contributed by atoms with van der Waals surface area (Å²) in [4.78, 5) is 3.88. The molecule has 0 aromatic carbocycles. The summed E-state index contributed by atoms with van der Waals surface area (Å²) < 4.78 is 18.9. The molecule has 4 heteroatoms. The summed E-state index contributed by atoms with van der Waals surface area (Å²) >= 11 is 0. The molecule has 3 nitrogen and oxygen atoms in total. The molecule has 1 aliphatic carbocycles. The molecule has 0 amide bonds. The second kappa shape index (κ2) is 4.19. The van der Waals surface area contributed by atoms with Crippen molar-refractivity contribution in [3.05, 3.63) is 24.1 Å². The molecular weight excluding hydrogens is 231 g/mol. The maximum absolute atomic E-state index is 13.1. The molecule has 2 fully saturated rings. The molecule has 3 atom stereocenters. The molecule has 2 heterocycles. The Kier molecular flexibility index (Phi) is 2.77. The topological polar surface area (TPSA) is 34.2 Å². The van der Waals surface area contributed by atoms with Gasteiger partial charge in [0.05, 0.1) is 6.10 Å². The van der Waals surface area contributed by atoms with Crippen molar-refractivity contribution >= 4 is 5.82 Å². The third-order valence-corrected chi connectivity index (χ3v) is 4.35.